The Morgan fingerprint density at radius 2 is 1.78 bits per heavy atom. The normalized spacial score (nSPS) is 14.8. The molecule has 0 atom stereocenters. The van der Waals surface area contributed by atoms with Crippen molar-refractivity contribution in [2.24, 2.45) is 0 Å². The van der Waals surface area contributed by atoms with E-state index in [4.69, 9.17) is 0 Å². The number of benzene rings is 1. The maximum atomic E-state index is 12.1. The highest BCUT2D eigenvalue weighted by Crippen LogP contribution is 2.14. The van der Waals surface area contributed by atoms with E-state index < -0.39 is 0 Å². The summed E-state index contributed by atoms with van der Waals surface area (Å²) in [6.07, 6.45) is 5.14. The lowest BCUT2D eigenvalue weighted by Gasteiger charge is -2.26. The summed E-state index contributed by atoms with van der Waals surface area (Å²) in [5.41, 5.74) is 1.50. The summed E-state index contributed by atoms with van der Waals surface area (Å²) in [7, 11) is 0. The molecular weight excluding hydrogens is 340 g/mol. The van der Waals surface area contributed by atoms with Crippen LogP contribution in [0.1, 0.15) is 32.1 Å². The maximum Gasteiger partial charge on any atom is 0.266 e. The van der Waals surface area contributed by atoms with Crippen LogP contribution in [-0.4, -0.2) is 46.8 Å². The minimum absolute atomic E-state index is 0.0348. The van der Waals surface area contributed by atoms with Gasteiger partial charge in [-0.2, -0.15) is 5.10 Å². The zero-order valence-corrected chi connectivity index (χ0v) is 15.8. The molecule has 1 amide bonds. The second-order valence-corrected chi connectivity index (χ2v) is 7.00. The summed E-state index contributed by atoms with van der Waals surface area (Å²) in [4.78, 5) is 26.5. The molecule has 2 aromatic rings. The van der Waals surface area contributed by atoms with Gasteiger partial charge in [-0.1, -0.05) is 36.8 Å². The van der Waals surface area contributed by atoms with Gasteiger partial charge in [0.05, 0.1) is 12.2 Å². The number of hydrogen-bond donors (Lipinski definition) is 1. The van der Waals surface area contributed by atoms with Crippen molar-refractivity contribution in [3.05, 3.63) is 52.8 Å². The lowest BCUT2D eigenvalue weighted by Crippen LogP contribution is -2.34. The highest BCUT2D eigenvalue weighted by atomic mass is 16.2. The molecule has 0 bridgehead atoms. The predicted molar refractivity (Wildman–Crippen MR) is 106 cm³/mol. The summed E-state index contributed by atoms with van der Waals surface area (Å²) >= 11 is 0. The standard InChI is InChI=1S/C21H28N4O2/c26-20(22-13-7-16-24-14-5-2-6-15-24)12-17-25-21(27)11-10-19(23-25)18-8-3-1-4-9-18/h1,3-4,8-11H,2,5-7,12-17H2,(H,22,26). The Morgan fingerprint density at radius 3 is 2.56 bits per heavy atom. The summed E-state index contributed by atoms with van der Waals surface area (Å²) in [6.45, 7) is 4.38. The smallest absolute Gasteiger partial charge is 0.266 e. The molecule has 1 fully saturated rings. The number of rotatable bonds is 8. The second kappa shape index (κ2) is 10.0. The highest BCUT2D eigenvalue weighted by Gasteiger charge is 2.10. The van der Waals surface area contributed by atoms with Gasteiger partial charge in [0.15, 0.2) is 0 Å². The molecule has 0 unspecified atom stereocenters. The van der Waals surface area contributed by atoms with Gasteiger partial charge in [-0.3, -0.25) is 9.59 Å². The van der Waals surface area contributed by atoms with Gasteiger partial charge in [0.2, 0.25) is 5.91 Å². The quantitative estimate of drug-likeness (QED) is 0.726. The lowest BCUT2D eigenvalue weighted by atomic mass is 10.1. The molecule has 1 aliphatic heterocycles. The van der Waals surface area contributed by atoms with E-state index in [9.17, 15) is 9.59 Å². The van der Waals surface area contributed by atoms with Crippen molar-refractivity contribution >= 4 is 5.91 Å². The van der Waals surface area contributed by atoms with Crippen molar-refractivity contribution in [3.63, 3.8) is 0 Å². The second-order valence-electron chi connectivity index (χ2n) is 7.00. The number of carbonyl (C=O) groups excluding carboxylic acids is 1. The first-order valence-electron chi connectivity index (χ1n) is 9.85. The summed E-state index contributed by atoms with van der Waals surface area (Å²) in [6, 6.07) is 12.9. The first-order chi connectivity index (χ1) is 13.2. The molecule has 1 saturated heterocycles. The number of amides is 1. The van der Waals surface area contributed by atoms with E-state index in [1.54, 1.807) is 6.07 Å². The molecule has 6 nitrogen and oxygen atoms in total. The average Bonchev–Trinajstić information content (AvgIpc) is 2.72. The molecule has 0 saturated carbocycles. The fourth-order valence-corrected chi connectivity index (χ4v) is 3.38. The van der Waals surface area contributed by atoms with Crippen LogP contribution in [0, 0.1) is 0 Å². The predicted octanol–water partition coefficient (Wildman–Crippen LogP) is 2.29. The number of aromatic nitrogens is 2. The molecule has 27 heavy (non-hydrogen) atoms. The molecule has 1 aromatic carbocycles. The van der Waals surface area contributed by atoms with E-state index in [1.807, 2.05) is 30.3 Å². The van der Waals surface area contributed by atoms with Crippen molar-refractivity contribution in [1.82, 2.24) is 20.0 Å². The van der Waals surface area contributed by atoms with Gasteiger partial charge >= 0.3 is 0 Å². The number of carbonyl (C=O) groups is 1. The minimum atomic E-state index is -0.187. The number of nitrogens with one attached hydrogen (secondary N) is 1. The summed E-state index contributed by atoms with van der Waals surface area (Å²) in [5, 5.41) is 7.34. The maximum absolute atomic E-state index is 12.1. The van der Waals surface area contributed by atoms with Crippen LogP contribution in [0.15, 0.2) is 47.3 Å². The SMILES string of the molecule is O=C(CCn1nc(-c2ccccc2)ccc1=O)NCCCN1CCCCC1. The monoisotopic (exact) mass is 368 g/mol. The number of likely N-dealkylation sites (tertiary alicyclic amines) is 1. The topological polar surface area (TPSA) is 67.2 Å². The van der Waals surface area contributed by atoms with Gasteiger partial charge in [0.1, 0.15) is 0 Å². The summed E-state index contributed by atoms with van der Waals surface area (Å²) in [5.74, 6) is -0.0348. The Labute approximate surface area is 160 Å². The van der Waals surface area contributed by atoms with E-state index in [0.29, 0.717) is 6.54 Å². The Balaban J connectivity index is 1.43. The first kappa shape index (κ1) is 19.3. The number of hydrogen-bond acceptors (Lipinski definition) is 4. The van der Waals surface area contributed by atoms with Crippen molar-refractivity contribution in [3.8, 4) is 11.3 Å². The molecule has 0 radical (unpaired) electrons. The highest BCUT2D eigenvalue weighted by molar-refractivity contribution is 5.75. The minimum Gasteiger partial charge on any atom is -0.356 e. The zero-order valence-electron chi connectivity index (χ0n) is 15.8. The van der Waals surface area contributed by atoms with E-state index in [-0.39, 0.29) is 24.4 Å². The van der Waals surface area contributed by atoms with Gasteiger partial charge in [0.25, 0.3) is 5.56 Å². The van der Waals surface area contributed by atoms with Crippen LogP contribution in [-0.2, 0) is 11.3 Å². The Kier molecular flexibility index (Phi) is 7.16. The van der Waals surface area contributed by atoms with E-state index >= 15 is 0 Å². The summed E-state index contributed by atoms with van der Waals surface area (Å²) < 4.78 is 1.37. The Bertz CT molecular complexity index is 782. The molecule has 0 aliphatic carbocycles. The van der Waals surface area contributed by atoms with Crippen LogP contribution in [0.4, 0.5) is 0 Å². The lowest BCUT2D eigenvalue weighted by molar-refractivity contribution is -0.121. The van der Waals surface area contributed by atoms with Gasteiger partial charge < -0.3 is 10.2 Å². The third-order valence-corrected chi connectivity index (χ3v) is 4.91. The van der Waals surface area contributed by atoms with Crippen molar-refractivity contribution in [1.29, 1.82) is 0 Å². The number of aryl methyl sites for hydroxylation is 1. The Hall–Kier alpha value is -2.47. The van der Waals surface area contributed by atoms with E-state index in [2.05, 4.69) is 15.3 Å². The molecule has 0 spiro atoms. The molecule has 144 valence electrons. The van der Waals surface area contributed by atoms with Gasteiger partial charge in [-0.25, -0.2) is 4.68 Å². The zero-order chi connectivity index (χ0) is 18.9. The average molecular weight is 368 g/mol. The molecule has 3 rings (SSSR count). The molecule has 2 heterocycles. The van der Waals surface area contributed by atoms with Gasteiger partial charge in [0, 0.05) is 24.6 Å². The molecule has 6 heteroatoms. The van der Waals surface area contributed by atoms with Crippen LogP contribution < -0.4 is 10.9 Å². The molecule has 1 N–H and O–H groups in total. The van der Waals surface area contributed by atoms with Crippen LogP contribution in [0.3, 0.4) is 0 Å². The Morgan fingerprint density at radius 1 is 1.00 bits per heavy atom. The largest absolute Gasteiger partial charge is 0.356 e. The van der Waals surface area contributed by atoms with E-state index in [0.717, 1.165) is 24.2 Å². The third-order valence-electron chi connectivity index (χ3n) is 4.91. The van der Waals surface area contributed by atoms with E-state index in [1.165, 1.54) is 43.1 Å². The van der Waals surface area contributed by atoms with Gasteiger partial charge in [-0.05, 0) is 45.0 Å². The number of nitrogens with zero attached hydrogens (tertiary/aromatic N) is 3. The molecule has 1 aliphatic rings. The molecular formula is C21H28N4O2. The fourth-order valence-electron chi connectivity index (χ4n) is 3.38. The van der Waals surface area contributed by atoms with Crippen LogP contribution in [0.2, 0.25) is 0 Å². The van der Waals surface area contributed by atoms with Crippen LogP contribution >= 0.6 is 0 Å². The third kappa shape index (κ3) is 6.03. The molecule has 1 aromatic heterocycles. The van der Waals surface area contributed by atoms with Crippen molar-refractivity contribution < 1.29 is 4.79 Å². The number of piperidine rings is 1. The van der Waals surface area contributed by atoms with Gasteiger partial charge in [-0.15, -0.1) is 0 Å². The van der Waals surface area contributed by atoms with Crippen molar-refractivity contribution in [2.45, 2.75) is 38.6 Å². The fraction of sp³-hybridized carbons (Fsp3) is 0.476. The van der Waals surface area contributed by atoms with Crippen LogP contribution in [0.5, 0.6) is 0 Å². The van der Waals surface area contributed by atoms with Crippen LogP contribution in [0.25, 0.3) is 11.3 Å². The first-order valence-corrected chi connectivity index (χ1v) is 9.85. The van der Waals surface area contributed by atoms with Crippen molar-refractivity contribution in [2.75, 3.05) is 26.2 Å².